The maximum absolute atomic E-state index is 10.8. The molecule has 0 saturated heterocycles. The maximum atomic E-state index is 10.8. The Kier molecular flexibility index (Phi) is 11.8. The molecule has 0 bridgehead atoms. The predicted molar refractivity (Wildman–Crippen MR) is 96.0 cm³/mol. The molecular formula is C17H36NO4S+. The Morgan fingerprint density at radius 3 is 2.13 bits per heavy atom. The molecule has 0 aliphatic rings. The van der Waals surface area contributed by atoms with Crippen molar-refractivity contribution in [2.45, 2.75) is 64.4 Å². The fourth-order valence-corrected chi connectivity index (χ4v) is 3.34. The minimum absolute atomic E-state index is 0.337. The third-order valence-electron chi connectivity index (χ3n) is 3.89. The van der Waals surface area contributed by atoms with Crippen molar-refractivity contribution < 1.29 is 22.6 Å². The van der Waals surface area contributed by atoms with E-state index in [4.69, 9.17) is 4.55 Å². The Morgan fingerprint density at radius 2 is 1.57 bits per heavy atom. The average molecular weight is 351 g/mol. The van der Waals surface area contributed by atoms with Crippen LogP contribution in [0.4, 0.5) is 0 Å². The molecule has 1 unspecified atom stereocenters. The van der Waals surface area contributed by atoms with Crippen molar-refractivity contribution in [3.8, 4) is 0 Å². The Morgan fingerprint density at radius 1 is 1.00 bits per heavy atom. The van der Waals surface area contributed by atoms with Crippen LogP contribution in [0.2, 0.25) is 0 Å². The summed E-state index contributed by atoms with van der Waals surface area (Å²) in [6, 6.07) is 0. The van der Waals surface area contributed by atoms with Gasteiger partial charge in [-0.2, -0.15) is 8.42 Å². The summed E-state index contributed by atoms with van der Waals surface area (Å²) in [5.74, 6) is -0.582. The molecule has 0 aromatic carbocycles. The average Bonchev–Trinajstić information content (AvgIpc) is 2.37. The summed E-state index contributed by atoms with van der Waals surface area (Å²) in [6.45, 7) is 3.39. The van der Waals surface area contributed by atoms with Crippen molar-refractivity contribution in [3.63, 3.8) is 0 Å². The summed E-state index contributed by atoms with van der Waals surface area (Å²) in [6.07, 6.45) is 13.0. The molecule has 5 nitrogen and oxygen atoms in total. The summed E-state index contributed by atoms with van der Waals surface area (Å²) in [7, 11) is -0.146. The van der Waals surface area contributed by atoms with Crippen LogP contribution in [-0.4, -0.2) is 61.6 Å². The number of likely N-dealkylation sites (N-methyl/N-ethyl adjacent to an activating group) is 1. The number of allylic oxidation sites excluding steroid dienone is 2. The molecule has 0 aliphatic carbocycles. The van der Waals surface area contributed by atoms with Crippen LogP contribution < -0.4 is 0 Å². The standard InChI is InChI=1S/C17H35NO4S/c1-4-5-6-7-8-9-10-11-12-13-14-18(2,3)15-17(19)16-23(20,21)22/h5-6,17,19H,4,7-16H2,1-3H3/p+1. The molecule has 0 saturated carbocycles. The zero-order valence-electron chi connectivity index (χ0n) is 15.1. The van der Waals surface area contributed by atoms with Crippen LogP contribution in [0.25, 0.3) is 0 Å². The second-order valence-corrected chi connectivity index (χ2v) is 8.53. The topological polar surface area (TPSA) is 74.6 Å². The molecule has 1 atom stereocenters. The van der Waals surface area contributed by atoms with Gasteiger partial charge in [0.15, 0.2) is 0 Å². The van der Waals surface area contributed by atoms with Gasteiger partial charge in [-0.05, 0) is 32.1 Å². The molecule has 23 heavy (non-hydrogen) atoms. The van der Waals surface area contributed by atoms with E-state index in [1.54, 1.807) is 0 Å². The number of hydrogen-bond donors (Lipinski definition) is 2. The third-order valence-corrected chi connectivity index (χ3v) is 4.70. The largest absolute Gasteiger partial charge is 0.386 e. The molecule has 0 rings (SSSR count). The number of quaternary nitrogens is 1. The predicted octanol–water partition coefficient (Wildman–Crippen LogP) is 3.01. The normalized spacial score (nSPS) is 14.5. The molecule has 0 heterocycles. The van der Waals surface area contributed by atoms with E-state index in [2.05, 4.69) is 19.1 Å². The molecule has 138 valence electrons. The maximum Gasteiger partial charge on any atom is 0.267 e. The van der Waals surface area contributed by atoms with E-state index in [-0.39, 0.29) is 0 Å². The van der Waals surface area contributed by atoms with E-state index >= 15 is 0 Å². The number of hydrogen-bond acceptors (Lipinski definition) is 3. The quantitative estimate of drug-likeness (QED) is 0.219. The number of rotatable bonds is 14. The van der Waals surface area contributed by atoms with Gasteiger partial charge in [-0.15, -0.1) is 0 Å². The first-order chi connectivity index (χ1) is 10.7. The Bertz CT molecular complexity index is 418. The van der Waals surface area contributed by atoms with E-state index < -0.39 is 22.0 Å². The van der Waals surface area contributed by atoms with Crippen molar-refractivity contribution >= 4 is 10.1 Å². The molecule has 0 amide bonds. The Labute approximate surface area is 142 Å². The second-order valence-electron chi connectivity index (χ2n) is 7.03. The number of aliphatic hydroxyl groups is 1. The zero-order valence-corrected chi connectivity index (χ0v) is 15.9. The first-order valence-corrected chi connectivity index (χ1v) is 10.4. The molecule has 0 aromatic heterocycles. The van der Waals surface area contributed by atoms with Gasteiger partial charge in [0.05, 0.1) is 20.6 Å². The lowest BCUT2D eigenvalue weighted by atomic mass is 10.1. The van der Waals surface area contributed by atoms with Gasteiger partial charge in [-0.25, -0.2) is 0 Å². The van der Waals surface area contributed by atoms with Crippen LogP contribution >= 0.6 is 0 Å². The van der Waals surface area contributed by atoms with Gasteiger partial charge >= 0.3 is 0 Å². The van der Waals surface area contributed by atoms with Crippen LogP contribution in [0.15, 0.2) is 12.2 Å². The molecule has 0 radical (unpaired) electrons. The van der Waals surface area contributed by atoms with Crippen LogP contribution in [0, 0.1) is 0 Å². The van der Waals surface area contributed by atoms with Crippen molar-refractivity contribution in [1.82, 2.24) is 0 Å². The van der Waals surface area contributed by atoms with Crippen LogP contribution in [-0.2, 0) is 10.1 Å². The van der Waals surface area contributed by atoms with Gasteiger partial charge in [0.25, 0.3) is 10.1 Å². The summed E-state index contributed by atoms with van der Waals surface area (Å²) in [4.78, 5) is 0. The van der Waals surface area contributed by atoms with Crippen LogP contribution in [0.1, 0.15) is 58.3 Å². The highest BCUT2D eigenvalue weighted by molar-refractivity contribution is 7.85. The minimum Gasteiger partial charge on any atom is -0.386 e. The highest BCUT2D eigenvalue weighted by atomic mass is 32.2. The van der Waals surface area contributed by atoms with E-state index in [1.807, 2.05) is 14.1 Å². The lowest BCUT2D eigenvalue weighted by Crippen LogP contribution is -2.47. The first kappa shape index (κ1) is 22.6. The van der Waals surface area contributed by atoms with E-state index in [1.165, 1.54) is 38.5 Å². The van der Waals surface area contributed by atoms with Crippen molar-refractivity contribution in [2.75, 3.05) is 32.9 Å². The molecule has 0 fully saturated rings. The molecule has 2 N–H and O–H groups in total. The van der Waals surface area contributed by atoms with E-state index in [0.29, 0.717) is 11.0 Å². The third kappa shape index (κ3) is 16.2. The van der Waals surface area contributed by atoms with Gasteiger partial charge in [0.1, 0.15) is 18.4 Å². The lowest BCUT2D eigenvalue weighted by Gasteiger charge is -2.31. The second kappa shape index (κ2) is 12.0. The molecule has 0 aromatic rings. The molecule has 6 heteroatoms. The summed E-state index contributed by atoms with van der Waals surface area (Å²) < 4.78 is 30.8. The highest BCUT2D eigenvalue weighted by Crippen LogP contribution is 2.10. The fraction of sp³-hybridized carbons (Fsp3) is 0.882. The van der Waals surface area contributed by atoms with Gasteiger partial charge in [-0.1, -0.05) is 38.3 Å². The smallest absolute Gasteiger partial charge is 0.267 e. The highest BCUT2D eigenvalue weighted by Gasteiger charge is 2.23. The molecule has 0 spiro atoms. The summed E-state index contributed by atoms with van der Waals surface area (Å²) in [5.41, 5.74) is 0. The Balaban J connectivity index is 3.68. The lowest BCUT2D eigenvalue weighted by molar-refractivity contribution is -0.893. The van der Waals surface area contributed by atoms with Gasteiger partial charge in [0.2, 0.25) is 0 Å². The van der Waals surface area contributed by atoms with Gasteiger partial charge in [-0.3, -0.25) is 4.55 Å². The van der Waals surface area contributed by atoms with Gasteiger partial charge < -0.3 is 9.59 Å². The van der Waals surface area contributed by atoms with Crippen LogP contribution in [0.3, 0.4) is 0 Å². The van der Waals surface area contributed by atoms with Gasteiger partial charge in [0, 0.05) is 0 Å². The number of nitrogens with zero attached hydrogens (tertiary/aromatic N) is 1. The fourth-order valence-electron chi connectivity index (χ4n) is 2.75. The van der Waals surface area contributed by atoms with Crippen molar-refractivity contribution in [3.05, 3.63) is 12.2 Å². The molecule has 0 aliphatic heterocycles. The summed E-state index contributed by atoms with van der Waals surface area (Å²) in [5, 5.41) is 9.72. The first-order valence-electron chi connectivity index (χ1n) is 8.76. The van der Waals surface area contributed by atoms with Crippen molar-refractivity contribution in [1.29, 1.82) is 0 Å². The SMILES string of the molecule is CCC=CCCCCCCCC[N+](C)(C)CC(O)CS(=O)(=O)O. The minimum atomic E-state index is -4.10. The number of aliphatic hydroxyl groups excluding tert-OH is 1. The van der Waals surface area contributed by atoms with Crippen LogP contribution in [0.5, 0.6) is 0 Å². The molecular weight excluding hydrogens is 314 g/mol. The van der Waals surface area contributed by atoms with E-state index in [0.717, 1.165) is 19.4 Å². The summed E-state index contributed by atoms with van der Waals surface area (Å²) >= 11 is 0. The van der Waals surface area contributed by atoms with E-state index in [9.17, 15) is 13.5 Å². The Hall–Kier alpha value is -0.430. The number of unbranched alkanes of at least 4 members (excludes halogenated alkanes) is 6. The monoisotopic (exact) mass is 350 g/mol. The zero-order chi connectivity index (χ0) is 17.8. The van der Waals surface area contributed by atoms with Crippen molar-refractivity contribution in [2.24, 2.45) is 0 Å².